The third kappa shape index (κ3) is 2.36. The van der Waals surface area contributed by atoms with Crippen molar-refractivity contribution in [1.29, 1.82) is 0 Å². The average molecular weight is 320 g/mol. The van der Waals surface area contributed by atoms with Gasteiger partial charge < -0.3 is 15.1 Å². The van der Waals surface area contributed by atoms with E-state index in [4.69, 9.17) is 5.11 Å². The molecule has 1 saturated heterocycles. The van der Waals surface area contributed by atoms with Crippen molar-refractivity contribution >= 4 is 39.1 Å². The predicted octanol–water partition coefficient (Wildman–Crippen LogP) is 1.17. The normalized spacial score (nSPS) is 24.0. The van der Waals surface area contributed by atoms with Crippen LogP contribution in [0.4, 0.5) is 0 Å². The van der Waals surface area contributed by atoms with Crippen LogP contribution >= 0.6 is 27.3 Å². The van der Waals surface area contributed by atoms with Gasteiger partial charge in [-0.3, -0.25) is 4.79 Å². The number of carboxylic acids is 1. The molecule has 0 aromatic carbocycles. The molecule has 92 valence electrons. The Kier molecular flexibility index (Phi) is 3.50. The van der Waals surface area contributed by atoms with Crippen LogP contribution in [0.5, 0.6) is 0 Å². The van der Waals surface area contributed by atoms with E-state index >= 15 is 0 Å². The highest BCUT2D eigenvalue weighted by atomic mass is 79.9. The summed E-state index contributed by atoms with van der Waals surface area (Å²) in [5.41, 5.74) is 0. The lowest BCUT2D eigenvalue weighted by atomic mass is 10.2. The van der Waals surface area contributed by atoms with Crippen LogP contribution in [0.3, 0.4) is 0 Å². The standard InChI is InChI=1S/C10H10BrNO4S/c11-6-1-2-17-8(6)9(14)12-4-5(13)3-7(12)10(15)16/h1-2,5,7,13H,3-4H2,(H,15,16). The fourth-order valence-electron chi connectivity index (χ4n) is 1.85. The molecule has 1 aliphatic rings. The Balaban J connectivity index is 2.25. The molecule has 1 aliphatic heterocycles. The Morgan fingerprint density at radius 3 is 2.76 bits per heavy atom. The Morgan fingerprint density at radius 2 is 2.24 bits per heavy atom. The van der Waals surface area contributed by atoms with Gasteiger partial charge in [0.1, 0.15) is 10.9 Å². The number of rotatable bonds is 2. The molecule has 0 bridgehead atoms. The highest BCUT2D eigenvalue weighted by Gasteiger charge is 2.39. The van der Waals surface area contributed by atoms with Crippen molar-refractivity contribution in [3.63, 3.8) is 0 Å². The number of β-amino-alcohol motifs (C(OH)–C–C–N with tert-alkyl or cyclic N) is 1. The number of thiophene rings is 1. The predicted molar refractivity (Wildman–Crippen MR) is 65.1 cm³/mol. The number of carboxylic acid groups (broad SMARTS) is 1. The highest BCUT2D eigenvalue weighted by Crippen LogP contribution is 2.28. The molecule has 2 atom stereocenters. The molecule has 17 heavy (non-hydrogen) atoms. The first-order chi connectivity index (χ1) is 8.00. The summed E-state index contributed by atoms with van der Waals surface area (Å²) in [6.07, 6.45) is -0.678. The van der Waals surface area contributed by atoms with Crippen molar-refractivity contribution in [2.75, 3.05) is 6.54 Å². The monoisotopic (exact) mass is 319 g/mol. The fourth-order valence-corrected chi connectivity index (χ4v) is 3.35. The van der Waals surface area contributed by atoms with E-state index < -0.39 is 18.1 Å². The van der Waals surface area contributed by atoms with Crippen LogP contribution in [0.15, 0.2) is 15.9 Å². The molecule has 0 radical (unpaired) electrons. The van der Waals surface area contributed by atoms with Crippen LogP contribution in [0.2, 0.25) is 0 Å². The van der Waals surface area contributed by atoms with Gasteiger partial charge in [0.25, 0.3) is 5.91 Å². The molecule has 5 nitrogen and oxygen atoms in total. The van der Waals surface area contributed by atoms with Crippen molar-refractivity contribution in [3.8, 4) is 0 Å². The second kappa shape index (κ2) is 4.75. The van der Waals surface area contributed by atoms with E-state index in [0.29, 0.717) is 9.35 Å². The first-order valence-corrected chi connectivity index (χ1v) is 6.62. The summed E-state index contributed by atoms with van der Waals surface area (Å²) < 4.78 is 0.651. The zero-order valence-corrected chi connectivity index (χ0v) is 11.1. The zero-order valence-electron chi connectivity index (χ0n) is 8.67. The van der Waals surface area contributed by atoms with Gasteiger partial charge >= 0.3 is 5.97 Å². The van der Waals surface area contributed by atoms with Crippen LogP contribution in [0, 0.1) is 0 Å². The van der Waals surface area contributed by atoms with Crippen LogP contribution in [-0.4, -0.2) is 45.7 Å². The van der Waals surface area contributed by atoms with Crippen LogP contribution in [-0.2, 0) is 4.79 Å². The highest BCUT2D eigenvalue weighted by molar-refractivity contribution is 9.10. The van der Waals surface area contributed by atoms with E-state index in [2.05, 4.69) is 15.9 Å². The molecule has 1 amide bonds. The molecule has 0 spiro atoms. The van der Waals surface area contributed by atoms with E-state index in [1.54, 1.807) is 11.4 Å². The number of carbonyl (C=O) groups is 2. The van der Waals surface area contributed by atoms with Gasteiger partial charge in [-0.05, 0) is 27.4 Å². The number of carbonyl (C=O) groups excluding carboxylic acids is 1. The number of aliphatic hydroxyl groups is 1. The van der Waals surface area contributed by atoms with Crippen LogP contribution < -0.4 is 0 Å². The summed E-state index contributed by atoms with van der Waals surface area (Å²) in [7, 11) is 0. The van der Waals surface area contributed by atoms with Crippen LogP contribution in [0.25, 0.3) is 0 Å². The number of amides is 1. The van der Waals surface area contributed by atoms with Crippen LogP contribution in [0.1, 0.15) is 16.1 Å². The molecule has 1 aromatic rings. The lowest BCUT2D eigenvalue weighted by molar-refractivity contribution is -0.141. The van der Waals surface area contributed by atoms with Gasteiger partial charge in [0.05, 0.1) is 6.10 Å². The summed E-state index contributed by atoms with van der Waals surface area (Å²) in [5.74, 6) is -1.43. The lowest BCUT2D eigenvalue weighted by Gasteiger charge is -2.20. The molecule has 7 heteroatoms. The number of hydrogen-bond donors (Lipinski definition) is 2. The molecule has 2 unspecified atom stereocenters. The Hall–Kier alpha value is -0.920. The van der Waals surface area contributed by atoms with Gasteiger partial charge in [0, 0.05) is 17.4 Å². The average Bonchev–Trinajstić information content (AvgIpc) is 2.83. The minimum Gasteiger partial charge on any atom is -0.480 e. The van der Waals surface area contributed by atoms with E-state index in [1.807, 2.05) is 0 Å². The van der Waals surface area contributed by atoms with E-state index in [-0.39, 0.29) is 18.9 Å². The molecular weight excluding hydrogens is 310 g/mol. The number of aliphatic hydroxyl groups excluding tert-OH is 1. The van der Waals surface area contributed by atoms with Crippen molar-refractivity contribution < 1.29 is 19.8 Å². The maximum absolute atomic E-state index is 12.1. The third-order valence-corrected chi connectivity index (χ3v) is 4.46. The van der Waals surface area contributed by atoms with Gasteiger partial charge in [0.2, 0.25) is 0 Å². The smallest absolute Gasteiger partial charge is 0.326 e. The molecule has 2 N–H and O–H groups in total. The first-order valence-electron chi connectivity index (χ1n) is 4.95. The van der Waals surface area contributed by atoms with Gasteiger partial charge in [-0.1, -0.05) is 0 Å². The molecule has 2 rings (SSSR count). The maximum atomic E-state index is 12.1. The number of hydrogen-bond acceptors (Lipinski definition) is 4. The first kappa shape index (κ1) is 12.5. The number of halogens is 1. The number of aliphatic carboxylic acids is 1. The van der Waals surface area contributed by atoms with Gasteiger partial charge in [-0.25, -0.2) is 4.79 Å². The van der Waals surface area contributed by atoms with Gasteiger partial charge in [-0.2, -0.15) is 0 Å². The molecule has 2 heterocycles. The Labute approximate surface area is 110 Å². The van der Waals surface area contributed by atoms with Crippen molar-refractivity contribution in [1.82, 2.24) is 4.90 Å². The number of likely N-dealkylation sites (tertiary alicyclic amines) is 1. The van der Waals surface area contributed by atoms with E-state index in [9.17, 15) is 14.7 Å². The summed E-state index contributed by atoms with van der Waals surface area (Å²) in [6, 6.07) is 0.798. The van der Waals surface area contributed by atoms with Gasteiger partial charge in [0.15, 0.2) is 0 Å². The molecular formula is C10H10BrNO4S. The molecule has 1 aromatic heterocycles. The summed E-state index contributed by atoms with van der Waals surface area (Å²) >= 11 is 4.49. The SMILES string of the molecule is O=C(O)C1CC(O)CN1C(=O)c1sccc1Br. The summed E-state index contributed by atoms with van der Waals surface area (Å²) in [4.78, 5) is 24.8. The molecule has 0 saturated carbocycles. The second-order valence-electron chi connectivity index (χ2n) is 3.80. The fraction of sp³-hybridized carbons (Fsp3) is 0.400. The number of nitrogens with zero attached hydrogens (tertiary/aromatic N) is 1. The topological polar surface area (TPSA) is 77.8 Å². The summed E-state index contributed by atoms with van der Waals surface area (Å²) in [5, 5.41) is 20.2. The quantitative estimate of drug-likeness (QED) is 0.857. The maximum Gasteiger partial charge on any atom is 0.326 e. The minimum absolute atomic E-state index is 0.0696. The lowest BCUT2D eigenvalue weighted by Crippen LogP contribution is -2.40. The third-order valence-electron chi connectivity index (χ3n) is 2.64. The molecule has 1 fully saturated rings. The Morgan fingerprint density at radius 1 is 1.53 bits per heavy atom. The van der Waals surface area contributed by atoms with Crippen molar-refractivity contribution in [2.45, 2.75) is 18.6 Å². The summed E-state index contributed by atoms with van der Waals surface area (Å²) in [6.45, 7) is 0.0696. The Bertz CT molecular complexity index is 461. The molecule has 0 aliphatic carbocycles. The minimum atomic E-state index is -1.08. The van der Waals surface area contributed by atoms with Crippen molar-refractivity contribution in [3.05, 3.63) is 20.8 Å². The van der Waals surface area contributed by atoms with Gasteiger partial charge in [-0.15, -0.1) is 11.3 Å². The zero-order chi connectivity index (χ0) is 12.6. The second-order valence-corrected chi connectivity index (χ2v) is 5.57. The largest absolute Gasteiger partial charge is 0.480 e. The van der Waals surface area contributed by atoms with E-state index in [1.165, 1.54) is 16.2 Å². The van der Waals surface area contributed by atoms with Crippen molar-refractivity contribution in [2.24, 2.45) is 0 Å². The van der Waals surface area contributed by atoms with E-state index in [0.717, 1.165) is 0 Å².